The van der Waals surface area contributed by atoms with Gasteiger partial charge in [-0.05, 0) is 37.5 Å². The van der Waals surface area contributed by atoms with Crippen LogP contribution in [-0.2, 0) is 11.2 Å². The molecule has 104 valence electrons. The summed E-state index contributed by atoms with van der Waals surface area (Å²) in [6, 6.07) is 8.15. The number of hydrogen-bond donors (Lipinski definition) is 2. The van der Waals surface area contributed by atoms with Crippen molar-refractivity contribution < 1.29 is 4.79 Å². The van der Waals surface area contributed by atoms with Gasteiger partial charge in [-0.3, -0.25) is 9.89 Å². The van der Waals surface area contributed by atoms with E-state index in [1.807, 2.05) is 26.0 Å². The molecule has 0 bridgehead atoms. The summed E-state index contributed by atoms with van der Waals surface area (Å²) in [5.74, 6) is 0.401. The maximum absolute atomic E-state index is 11.8. The number of nitrogens with one attached hydrogen (secondary N) is 2. The fourth-order valence-electron chi connectivity index (χ4n) is 1.80. The Balaban J connectivity index is 2.00. The number of rotatable bonds is 4. The lowest BCUT2D eigenvalue weighted by Crippen LogP contribution is -2.09. The van der Waals surface area contributed by atoms with E-state index in [-0.39, 0.29) is 5.91 Å². The van der Waals surface area contributed by atoms with Crippen LogP contribution < -0.4 is 5.32 Å². The zero-order valence-corrected chi connectivity index (χ0v) is 12.0. The monoisotopic (exact) mass is 269 g/mol. The summed E-state index contributed by atoms with van der Waals surface area (Å²) in [6.45, 7) is 5.96. The van der Waals surface area contributed by atoms with E-state index in [0.717, 1.165) is 23.2 Å². The van der Waals surface area contributed by atoms with E-state index in [0.29, 0.717) is 5.82 Å². The van der Waals surface area contributed by atoms with E-state index < -0.39 is 0 Å². The van der Waals surface area contributed by atoms with E-state index in [1.165, 1.54) is 11.6 Å². The van der Waals surface area contributed by atoms with Crippen molar-refractivity contribution in [3.8, 4) is 0 Å². The molecule has 2 aromatic rings. The number of aromatic nitrogens is 2. The van der Waals surface area contributed by atoms with E-state index in [1.54, 1.807) is 6.08 Å². The van der Waals surface area contributed by atoms with Gasteiger partial charge in [-0.25, -0.2) is 0 Å². The Labute approximate surface area is 118 Å². The lowest BCUT2D eigenvalue weighted by molar-refractivity contribution is -0.111. The van der Waals surface area contributed by atoms with E-state index in [9.17, 15) is 4.79 Å². The van der Waals surface area contributed by atoms with Gasteiger partial charge in [-0.15, -0.1) is 0 Å². The Morgan fingerprint density at radius 2 is 2.00 bits per heavy atom. The summed E-state index contributed by atoms with van der Waals surface area (Å²) in [7, 11) is 0. The summed E-state index contributed by atoms with van der Waals surface area (Å²) in [4.78, 5) is 11.8. The van der Waals surface area contributed by atoms with Crippen molar-refractivity contribution in [1.82, 2.24) is 10.2 Å². The van der Waals surface area contributed by atoms with Crippen LogP contribution in [-0.4, -0.2) is 16.1 Å². The minimum absolute atomic E-state index is 0.181. The first-order valence-electron chi connectivity index (χ1n) is 6.69. The topological polar surface area (TPSA) is 57.8 Å². The maximum Gasteiger partial charge on any atom is 0.249 e. The molecular weight excluding hydrogens is 250 g/mol. The van der Waals surface area contributed by atoms with Crippen LogP contribution >= 0.6 is 0 Å². The predicted molar refractivity (Wildman–Crippen MR) is 81.5 cm³/mol. The number of aryl methyl sites for hydroxylation is 2. The molecule has 2 N–H and O–H groups in total. The largest absolute Gasteiger partial charge is 0.305 e. The van der Waals surface area contributed by atoms with Crippen molar-refractivity contribution in [2.24, 2.45) is 0 Å². The Morgan fingerprint density at radius 3 is 2.55 bits per heavy atom. The molecule has 4 nitrogen and oxygen atoms in total. The summed E-state index contributed by atoms with van der Waals surface area (Å²) < 4.78 is 0. The van der Waals surface area contributed by atoms with Crippen LogP contribution in [0.15, 0.2) is 30.3 Å². The number of anilines is 1. The van der Waals surface area contributed by atoms with Gasteiger partial charge >= 0.3 is 0 Å². The van der Waals surface area contributed by atoms with Gasteiger partial charge in [0, 0.05) is 17.3 Å². The minimum atomic E-state index is -0.181. The van der Waals surface area contributed by atoms with Crippen molar-refractivity contribution in [2.45, 2.75) is 27.2 Å². The van der Waals surface area contributed by atoms with Crippen molar-refractivity contribution >= 4 is 17.8 Å². The molecule has 4 heteroatoms. The van der Waals surface area contributed by atoms with Gasteiger partial charge in [0.15, 0.2) is 5.82 Å². The summed E-state index contributed by atoms with van der Waals surface area (Å²) >= 11 is 0. The highest BCUT2D eigenvalue weighted by Gasteiger charge is 2.06. The Kier molecular flexibility index (Phi) is 4.35. The second-order valence-electron chi connectivity index (χ2n) is 4.74. The number of nitrogens with zero attached hydrogens (tertiary/aromatic N) is 1. The lowest BCUT2D eigenvalue weighted by Gasteiger charge is -1.99. The van der Waals surface area contributed by atoms with E-state index >= 15 is 0 Å². The van der Waals surface area contributed by atoms with Gasteiger partial charge in [-0.1, -0.05) is 31.2 Å². The standard InChI is InChI=1S/C16H19N3O/c1-4-13-5-7-14(8-6-13)9-10-15(20)17-16-11(2)12(3)18-19-16/h5-10H,4H2,1-3H3,(H2,17,18,19,20)/b10-9+. The van der Waals surface area contributed by atoms with Crippen LogP contribution in [0.3, 0.4) is 0 Å². The number of H-pyrrole nitrogens is 1. The van der Waals surface area contributed by atoms with Gasteiger partial charge in [-0.2, -0.15) is 5.10 Å². The molecule has 1 aromatic heterocycles. The molecule has 1 heterocycles. The zero-order chi connectivity index (χ0) is 14.5. The summed E-state index contributed by atoms with van der Waals surface area (Å²) in [6.07, 6.45) is 4.33. The van der Waals surface area contributed by atoms with Crippen molar-refractivity contribution in [1.29, 1.82) is 0 Å². The Bertz CT molecular complexity index is 624. The fraction of sp³-hybridized carbons (Fsp3) is 0.250. The molecule has 0 saturated heterocycles. The first-order chi connectivity index (χ1) is 9.60. The third-order valence-corrected chi connectivity index (χ3v) is 3.31. The summed E-state index contributed by atoms with van der Waals surface area (Å²) in [5, 5.41) is 9.64. The van der Waals surface area contributed by atoms with E-state index in [4.69, 9.17) is 0 Å². The summed E-state index contributed by atoms with van der Waals surface area (Å²) in [5.41, 5.74) is 4.21. The number of carbonyl (C=O) groups is 1. The Hall–Kier alpha value is -2.36. The van der Waals surface area contributed by atoms with Gasteiger partial charge in [0.1, 0.15) is 0 Å². The van der Waals surface area contributed by atoms with Gasteiger partial charge in [0.25, 0.3) is 0 Å². The first kappa shape index (κ1) is 14.1. The van der Waals surface area contributed by atoms with E-state index in [2.05, 4.69) is 34.6 Å². The van der Waals surface area contributed by atoms with Crippen LogP contribution in [0.4, 0.5) is 5.82 Å². The molecule has 2 rings (SSSR count). The molecule has 1 amide bonds. The predicted octanol–water partition coefficient (Wildman–Crippen LogP) is 3.24. The number of aromatic amines is 1. The zero-order valence-electron chi connectivity index (χ0n) is 12.0. The molecule has 0 fully saturated rings. The molecule has 20 heavy (non-hydrogen) atoms. The molecule has 0 radical (unpaired) electrons. The molecular formula is C16H19N3O. The molecule has 0 aliphatic carbocycles. The number of amides is 1. The molecule has 0 unspecified atom stereocenters. The third-order valence-electron chi connectivity index (χ3n) is 3.31. The lowest BCUT2D eigenvalue weighted by atomic mass is 10.1. The number of benzene rings is 1. The van der Waals surface area contributed by atoms with Gasteiger partial charge in [0.05, 0.1) is 0 Å². The van der Waals surface area contributed by atoms with Crippen molar-refractivity contribution in [3.05, 3.63) is 52.7 Å². The van der Waals surface area contributed by atoms with Crippen LogP contribution in [0.25, 0.3) is 6.08 Å². The smallest absolute Gasteiger partial charge is 0.249 e. The van der Waals surface area contributed by atoms with Crippen LogP contribution in [0.2, 0.25) is 0 Å². The highest BCUT2D eigenvalue weighted by atomic mass is 16.1. The van der Waals surface area contributed by atoms with Crippen molar-refractivity contribution in [2.75, 3.05) is 5.32 Å². The molecule has 0 saturated carbocycles. The van der Waals surface area contributed by atoms with Gasteiger partial charge < -0.3 is 5.32 Å². The normalized spacial score (nSPS) is 10.9. The fourth-order valence-corrected chi connectivity index (χ4v) is 1.80. The Morgan fingerprint density at radius 1 is 1.30 bits per heavy atom. The second-order valence-corrected chi connectivity index (χ2v) is 4.74. The molecule has 0 aliphatic heterocycles. The second kappa shape index (κ2) is 6.19. The van der Waals surface area contributed by atoms with Crippen LogP contribution in [0, 0.1) is 13.8 Å². The van der Waals surface area contributed by atoms with Gasteiger partial charge in [0.2, 0.25) is 5.91 Å². The molecule has 1 aromatic carbocycles. The SMILES string of the molecule is CCc1ccc(/C=C/C(=O)Nc2n[nH]c(C)c2C)cc1. The third kappa shape index (κ3) is 3.35. The minimum Gasteiger partial charge on any atom is -0.305 e. The highest BCUT2D eigenvalue weighted by molar-refractivity contribution is 6.01. The molecule has 0 atom stereocenters. The highest BCUT2D eigenvalue weighted by Crippen LogP contribution is 2.13. The van der Waals surface area contributed by atoms with Crippen molar-refractivity contribution in [3.63, 3.8) is 0 Å². The van der Waals surface area contributed by atoms with Crippen LogP contribution in [0.1, 0.15) is 29.3 Å². The number of carbonyl (C=O) groups excluding carboxylic acids is 1. The average molecular weight is 269 g/mol. The quantitative estimate of drug-likeness (QED) is 0.837. The molecule has 0 spiro atoms. The first-order valence-corrected chi connectivity index (χ1v) is 6.69. The van der Waals surface area contributed by atoms with Crippen LogP contribution in [0.5, 0.6) is 0 Å². The number of hydrogen-bond acceptors (Lipinski definition) is 2. The molecule has 0 aliphatic rings. The average Bonchev–Trinajstić information content (AvgIpc) is 2.78. The maximum atomic E-state index is 11.8.